The van der Waals surface area contributed by atoms with Gasteiger partial charge in [0, 0.05) is 27.6 Å². The van der Waals surface area contributed by atoms with Crippen molar-refractivity contribution < 1.29 is 15.0 Å². The normalized spacial score (nSPS) is 27.2. The van der Waals surface area contributed by atoms with Gasteiger partial charge < -0.3 is 10.2 Å². The summed E-state index contributed by atoms with van der Waals surface area (Å²) >= 11 is 4.39. The molecular weight excluding hydrogens is 448 g/mol. The summed E-state index contributed by atoms with van der Waals surface area (Å²) in [5.41, 5.74) is -0.508. The monoisotopic (exact) mass is 498 g/mol. The van der Waals surface area contributed by atoms with Crippen LogP contribution < -0.4 is 0 Å². The quantitative estimate of drug-likeness (QED) is 0.187. The number of aliphatic hydroxyl groups is 1. The molecule has 0 aromatic carbocycles. The Balaban J connectivity index is 1.66. The van der Waals surface area contributed by atoms with Crippen LogP contribution in [0.15, 0.2) is 12.2 Å². The number of carboxylic acid groups (broad SMARTS) is 1. The largest absolute Gasteiger partial charge is 0.481 e. The lowest BCUT2D eigenvalue weighted by atomic mass is 9.87. The SMILES string of the molecule is CC(C)(CO)CCCCC1CCCC(/C=C/C2CCCC(CCCCC(C)(C)C(=O)O)S2)S1. The first-order valence-electron chi connectivity index (χ1n) is 13.4. The molecule has 2 aliphatic rings. The number of unbranched alkanes of at least 4 members (excludes halogenated alkanes) is 2. The van der Waals surface area contributed by atoms with E-state index in [0.29, 0.717) is 17.1 Å². The summed E-state index contributed by atoms with van der Waals surface area (Å²) in [7, 11) is 0. The molecule has 2 saturated heterocycles. The van der Waals surface area contributed by atoms with Crippen LogP contribution in [0.1, 0.15) is 118 Å². The van der Waals surface area contributed by atoms with Crippen LogP contribution in [0.3, 0.4) is 0 Å². The molecule has 4 unspecified atom stereocenters. The van der Waals surface area contributed by atoms with Gasteiger partial charge in [0.25, 0.3) is 0 Å². The van der Waals surface area contributed by atoms with E-state index in [2.05, 4.69) is 49.5 Å². The topological polar surface area (TPSA) is 57.5 Å². The first kappa shape index (κ1) is 29.1. The second-order valence-corrected chi connectivity index (χ2v) is 14.9. The van der Waals surface area contributed by atoms with Crippen molar-refractivity contribution >= 4 is 29.5 Å². The third-order valence-electron chi connectivity index (χ3n) is 7.52. The smallest absolute Gasteiger partial charge is 0.309 e. The van der Waals surface area contributed by atoms with Crippen LogP contribution in [0.2, 0.25) is 0 Å². The van der Waals surface area contributed by atoms with Crippen molar-refractivity contribution in [3.05, 3.63) is 12.2 Å². The molecule has 2 heterocycles. The van der Waals surface area contributed by atoms with E-state index in [0.717, 1.165) is 36.2 Å². The second-order valence-electron chi connectivity index (χ2n) is 11.8. The summed E-state index contributed by atoms with van der Waals surface area (Å²) in [4.78, 5) is 11.3. The molecule has 2 aliphatic heterocycles. The van der Waals surface area contributed by atoms with E-state index >= 15 is 0 Å². The molecule has 0 bridgehead atoms. The number of carboxylic acids is 1. The van der Waals surface area contributed by atoms with Crippen LogP contribution in [-0.2, 0) is 4.79 Å². The van der Waals surface area contributed by atoms with E-state index < -0.39 is 11.4 Å². The molecule has 0 aliphatic carbocycles. The Morgan fingerprint density at radius 3 is 1.76 bits per heavy atom. The molecule has 0 saturated carbocycles. The van der Waals surface area contributed by atoms with E-state index in [4.69, 9.17) is 0 Å². The van der Waals surface area contributed by atoms with Crippen molar-refractivity contribution in [3.63, 3.8) is 0 Å². The average molecular weight is 499 g/mol. The summed E-state index contributed by atoms with van der Waals surface area (Å²) in [5.74, 6) is -0.673. The highest BCUT2D eigenvalue weighted by atomic mass is 32.2. The van der Waals surface area contributed by atoms with Crippen LogP contribution in [0.4, 0.5) is 0 Å². The maximum Gasteiger partial charge on any atom is 0.309 e. The van der Waals surface area contributed by atoms with Gasteiger partial charge in [-0.3, -0.25) is 4.79 Å². The fraction of sp³-hybridized carbons (Fsp3) is 0.893. The Kier molecular flexibility index (Phi) is 12.7. The third kappa shape index (κ3) is 11.4. The van der Waals surface area contributed by atoms with Gasteiger partial charge in [-0.05, 0) is 70.6 Å². The molecule has 4 atom stereocenters. The van der Waals surface area contributed by atoms with E-state index in [1.807, 2.05) is 13.8 Å². The zero-order valence-corrected chi connectivity index (χ0v) is 23.3. The molecule has 0 amide bonds. The molecule has 2 rings (SSSR count). The van der Waals surface area contributed by atoms with E-state index in [1.165, 1.54) is 64.2 Å². The summed E-state index contributed by atoms with van der Waals surface area (Å²) in [6, 6.07) is 0. The Labute approximate surface area is 212 Å². The van der Waals surface area contributed by atoms with Gasteiger partial charge in [0.05, 0.1) is 5.41 Å². The third-order valence-corrected chi connectivity index (χ3v) is 10.7. The number of aliphatic hydroxyl groups excluding tert-OH is 1. The van der Waals surface area contributed by atoms with Crippen molar-refractivity contribution in [2.24, 2.45) is 10.8 Å². The molecule has 0 aromatic heterocycles. The van der Waals surface area contributed by atoms with Gasteiger partial charge in [-0.1, -0.05) is 64.5 Å². The number of carbonyl (C=O) groups is 1. The number of aliphatic carboxylic acids is 1. The minimum atomic E-state index is -0.673. The zero-order chi connectivity index (χ0) is 24.3. The first-order valence-corrected chi connectivity index (χ1v) is 15.3. The molecule has 0 radical (unpaired) electrons. The fourth-order valence-electron chi connectivity index (χ4n) is 4.92. The zero-order valence-electron chi connectivity index (χ0n) is 21.7. The van der Waals surface area contributed by atoms with Crippen LogP contribution in [0, 0.1) is 10.8 Å². The molecule has 3 nitrogen and oxygen atoms in total. The number of hydrogen-bond acceptors (Lipinski definition) is 4. The van der Waals surface area contributed by atoms with Gasteiger partial charge in [0.1, 0.15) is 0 Å². The van der Waals surface area contributed by atoms with Crippen LogP contribution in [-0.4, -0.2) is 43.8 Å². The number of rotatable bonds is 14. The van der Waals surface area contributed by atoms with Gasteiger partial charge in [0.15, 0.2) is 0 Å². The Morgan fingerprint density at radius 1 is 0.818 bits per heavy atom. The lowest BCUT2D eigenvalue weighted by Gasteiger charge is -2.29. The lowest BCUT2D eigenvalue weighted by Crippen LogP contribution is -2.23. The number of thioether (sulfide) groups is 2. The summed E-state index contributed by atoms with van der Waals surface area (Å²) in [6.45, 7) is 8.31. The Morgan fingerprint density at radius 2 is 1.30 bits per heavy atom. The standard InChI is InChI=1S/C28H50O3S2/c1-27(2,21-29)19-7-5-11-22-13-9-15-24(32-22)17-18-25-16-10-14-23(33-25)12-6-8-20-28(3,4)26(30)31/h17-18,22-25,29H,5-16,19-21H2,1-4H3,(H,30,31)/b18-17+. The molecule has 0 aromatic rings. The highest BCUT2D eigenvalue weighted by Crippen LogP contribution is 2.39. The van der Waals surface area contributed by atoms with E-state index in [1.54, 1.807) is 0 Å². The van der Waals surface area contributed by atoms with Crippen molar-refractivity contribution in [1.29, 1.82) is 0 Å². The summed E-state index contributed by atoms with van der Waals surface area (Å²) < 4.78 is 0. The van der Waals surface area contributed by atoms with Crippen molar-refractivity contribution in [2.45, 2.75) is 139 Å². The van der Waals surface area contributed by atoms with Gasteiger partial charge in [-0.25, -0.2) is 0 Å². The van der Waals surface area contributed by atoms with E-state index in [9.17, 15) is 15.0 Å². The average Bonchev–Trinajstić information content (AvgIpc) is 2.79. The first-order chi connectivity index (χ1) is 15.6. The highest BCUT2D eigenvalue weighted by Gasteiger charge is 2.27. The summed E-state index contributed by atoms with van der Waals surface area (Å²) in [5, 5.41) is 21.6. The minimum absolute atomic E-state index is 0.0789. The predicted molar refractivity (Wildman–Crippen MR) is 146 cm³/mol. The second kappa shape index (κ2) is 14.4. The van der Waals surface area contributed by atoms with Crippen LogP contribution in [0.5, 0.6) is 0 Å². The van der Waals surface area contributed by atoms with Crippen LogP contribution in [0.25, 0.3) is 0 Å². The van der Waals surface area contributed by atoms with Crippen molar-refractivity contribution in [3.8, 4) is 0 Å². The maximum atomic E-state index is 11.3. The van der Waals surface area contributed by atoms with Gasteiger partial charge in [-0.2, -0.15) is 23.5 Å². The molecular formula is C28H50O3S2. The van der Waals surface area contributed by atoms with Crippen molar-refractivity contribution in [1.82, 2.24) is 0 Å². The van der Waals surface area contributed by atoms with Crippen molar-refractivity contribution in [2.75, 3.05) is 6.61 Å². The molecule has 2 fully saturated rings. The Hall–Kier alpha value is -0.130. The van der Waals surface area contributed by atoms with Gasteiger partial charge >= 0.3 is 5.97 Å². The van der Waals surface area contributed by atoms with Crippen LogP contribution >= 0.6 is 23.5 Å². The highest BCUT2D eigenvalue weighted by molar-refractivity contribution is 8.01. The fourth-order valence-corrected chi connectivity index (χ4v) is 8.08. The molecule has 2 N–H and O–H groups in total. The minimum Gasteiger partial charge on any atom is -0.481 e. The van der Waals surface area contributed by atoms with E-state index in [-0.39, 0.29) is 5.41 Å². The lowest BCUT2D eigenvalue weighted by molar-refractivity contribution is -0.147. The maximum absolute atomic E-state index is 11.3. The summed E-state index contributed by atoms with van der Waals surface area (Å²) in [6.07, 6.45) is 22.3. The number of hydrogen-bond donors (Lipinski definition) is 2. The Bertz CT molecular complexity index is 602. The molecule has 5 heteroatoms. The molecule has 0 spiro atoms. The molecule has 33 heavy (non-hydrogen) atoms. The molecule has 192 valence electrons. The predicted octanol–water partition coefficient (Wildman–Crippen LogP) is 8.10. The van der Waals surface area contributed by atoms with Gasteiger partial charge in [-0.15, -0.1) is 0 Å². The van der Waals surface area contributed by atoms with Gasteiger partial charge in [0.2, 0.25) is 0 Å².